The number of aromatic nitrogens is 2. The first-order valence-corrected chi connectivity index (χ1v) is 4.25. The van der Waals surface area contributed by atoms with Crippen LogP contribution in [0, 0.1) is 0 Å². The van der Waals surface area contributed by atoms with Gasteiger partial charge in [0.25, 0.3) is 0 Å². The summed E-state index contributed by atoms with van der Waals surface area (Å²) < 4.78 is 35.7. The number of alkyl halides is 3. The highest BCUT2D eigenvalue weighted by Gasteiger charge is 2.29. The number of imidazole rings is 1. The highest BCUT2D eigenvalue weighted by atomic mass is 19.4. The molecule has 0 aliphatic rings. The van der Waals surface area contributed by atoms with E-state index in [2.05, 4.69) is 15.3 Å². The summed E-state index contributed by atoms with van der Waals surface area (Å²) in [5, 5.41) is 2.75. The van der Waals surface area contributed by atoms with E-state index in [0.29, 0.717) is 6.54 Å². The molecule has 1 atom stereocenters. The third-order valence-electron chi connectivity index (χ3n) is 1.73. The summed E-state index contributed by atoms with van der Waals surface area (Å²) in [5.41, 5.74) is 0.777. The summed E-state index contributed by atoms with van der Waals surface area (Å²) in [7, 11) is 0. The van der Waals surface area contributed by atoms with Gasteiger partial charge in [0.1, 0.15) is 0 Å². The van der Waals surface area contributed by atoms with Crippen LogP contribution in [-0.2, 0) is 6.54 Å². The molecule has 80 valence electrons. The number of H-pyrrole nitrogens is 1. The molecule has 14 heavy (non-hydrogen) atoms. The van der Waals surface area contributed by atoms with Crippen molar-refractivity contribution in [3.8, 4) is 0 Å². The Kier molecular flexibility index (Phi) is 3.51. The maximum absolute atomic E-state index is 11.9. The highest BCUT2D eigenvalue weighted by molar-refractivity contribution is 4.93. The largest absolute Gasteiger partial charge is 0.390 e. The van der Waals surface area contributed by atoms with E-state index in [1.807, 2.05) is 0 Å². The lowest BCUT2D eigenvalue weighted by Gasteiger charge is -2.14. The van der Waals surface area contributed by atoms with Crippen molar-refractivity contribution in [1.82, 2.24) is 15.3 Å². The fraction of sp³-hybridized carbons (Fsp3) is 0.625. The van der Waals surface area contributed by atoms with Crippen molar-refractivity contribution in [2.45, 2.75) is 32.1 Å². The zero-order valence-electron chi connectivity index (χ0n) is 7.73. The van der Waals surface area contributed by atoms with Gasteiger partial charge in [0.05, 0.1) is 12.7 Å². The molecule has 2 N–H and O–H groups in total. The van der Waals surface area contributed by atoms with Crippen LogP contribution in [0.4, 0.5) is 13.2 Å². The number of halogens is 3. The topological polar surface area (TPSA) is 40.7 Å². The zero-order valence-corrected chi connectivity index (χ0v) is 7.73. The van der Waals surface area contributed by atoms with Gasteiger partial charge < -0.3 is 10.3 Å². The van der Waals surface area contributed by atoms with Gasteiger partial charge in [0, 0.05) is 24.5 Å². The zero-order chi connectivity index (χ0) is 10.6. The molecule has 1 aromatic rings. The molecule has 6 heteroatoms. The summed E-state index contributed by atoms with van der Waals surface area (Å²) in [5.74, 6) is 0. The van der Waals surface area contributed by atoms with Crippen LogP contribution in [0.5, 0.6) is 0 Å². The Morgan fingerprint density at radius 2 is 2.29 bits per heavy atom. The van der Waals surface area contributed by atoms with Crippen LogP contribution >= 0.6 is 0 Å². The minimum Gasteiger partial charge on any atom is -0.347 e. The van der Waals surface area contributed by atoms with E-state index >= 15 is 0 Å². The lowest BCUT2D eigenvalue weighted by Crippen LogP contribution is -2.30. The maximum Gasteiger partial charge on any atom is 0.390 e. The summed E-state index contributed by atoms with van der Waals surface area (Å²) in [4.78, 5) is 6.56. The van der Waals surface area contributed by atoms with Crippen molar-refractivity contribution < 1.29 is 13.2 Å². The number of rotatable bonds is 4. The van der Waals surface area contributed by atoms with Crippen LogP contribution in [0.2, 0.25) is 0 Å². The van der Waals surface area contributed by atoms with E-state index in [9.17, 15) is 13.2 Å². The summed E-state index contributed by atoms with van der Waals surface area (Å²) in [6.07, 6.45) is -1.86. The van der Waals surface area contributed by atoms with Gasteiger partial charge in [-0.05, 0) is 6.92 Å². The van der Waals surface area contributed by atoms with Crippen molar-refractivity contribution in [2.75, 3.05) is 0 Å². The van der Waals surface area contributed by atoms with Gasteiger partial charge in [-0.1, -0.05) is 0 Å². The summed E-state index contributed by atoms with van der Waals surface area (Å²) in [6.45, 7) is 1.88. The molecular weight excluding hydrogens is 195 g/mol. The molecule has 0 aliphatic carbocycles. The van der Waals surface area contributed by atoms with Crippen LogP contribution in [-0.4, -0.2) is 22.2 Å². The first-order chi connectivity index (χ1) is 6.47. The van der Waals surface area contributed by atoms with Gasteiger partial charge in [0.15, 0.2) is 0 Å². The van der Waals surface area contributed by atoms with Crippen LogP contribution in [0.15, 0.2) is 12.5 Å². The molecule has 1 unspecified atom stereocenters. The molecule has 0 saturated carbocycles. The van der Waals surface area contributed by atoms with E-state index in [0.717, 1.165) is 5.69 Å². The summed E-state index contributed by atoms with van der Waals surface area (Å²) >= 11 is 0. The number of aromatic amines is 1. The van der Waals surface area contributed by atoms with Gasteiger partial charge >= 0.3 is 6.18 Å². The summed E-state index contributed by atoms with van der Waals surface area (Å²) in [6, 6.07) is -0.585. The monoisotopic (exact) mass is 207 g/mol. The normalized spacial score (nSPS) is 14.3. The van der Waals surface area contributed by atoms with Crippen LogP contribution in [0.25, 0.3) is 0 Å². The van der Waals surface area contributed by atoms with E-state index < -0.39 is 18.6 Å². The van der Waals surface area contributed by atoms with Gasteiger partial charge in [-0.3, -0.25) is 0 Å². The van der Waals surface area contributed by atoms with Crippen molar-refractivity contribution in [3.05, 3.63) is 18.2 Å². The number of hydrogen-bond donors (Lipinski definition) is 2. The Balaban J connectivity index is 2.25. The fourth-order valence-corrected chi connectivity index (χ4v) is 1.08. The molecule has 0 amide bonds. The SMILES string of the molecule is CC(CC(F)(F)F)NCc1cnc[nH]1. The molecule has 0 fully saturated rings. The molecular formula is C8H12F3N3. The fourth-order valence-electron chi connectivity index (χ4n) is 1.08. The van der Waals surface area contributed by atoms with E-state index in [-0.39, 0.29) is 0 Å². The smallest absolute Gasteiger partial charge is 0.347 e. The number of hydrogen-bond acceptors (Lipinski definition) is 2. The van der Waals surface area contributed by atoms with Crippen molar-refractivity contribution in [3.63, 3.8) is 0 Å². The molecule has 0 aromatic carbocycles. The first kappa shape index (κ1) is 11.0. The van der Waals surface area contributed by atoms with E-state index in [4.69, 9.17) is 0 Å². The lowest BCUT2D eigenvalue weighted by atomic mass is 10.2. The van der Waals surface area contributed by atoms with Crippen LogP contribution in [0.3, 0.4) is 0 Å². The van der Waals surface area contributed by atoms with Gasteiger partial charge in [0.2, 0.25) is 0 Å². The van der Waals surface area contributed by atoms with E-state index in [1.54, 1.807) is 6.20 Å². The van der Waals surface area contributed by atoms with Crippen molar-refractivity contribution >= 4 is 0 Å². The third kappa shape index (κ3) is 4.27. The Morgan fingerprint density at radius 3 is 2.79 bits per heavy atom. The average molecular weight is 207 g/mol. The number of nitrogens with zero attached hydrogens (tertiary/aromatic N) is 1. The van der Waals surface area contributed by atoms with Crippen molar-refractivity contribution in [1.29, 1.82) is 0 Å². The second-order valence-corrected chi connectivity index (χ2v) is 3.18. The second-order valence-electron chi connectivity index (χ2n) is 3.18. The lowest BCUT2D eigenvalue weighted by molar-refractivity contribution is -0.139. The third-order valence-corrected chi connectivity index (χ3v) is 1.73. The van der Waals surface area contributed by atoms with Gasteiger partial charge in [-0.2, -0.15) is 13.2 Å². The molecule has 0 aliphatic heterocycles. The second kappa shape index (κ2) is 4.45. The average Bonchev–Trinajstić information content (AvgIpc) is 2.49. The van der Waals surface area contributed by atoms with Crippen LogP contribution < -0.4 is 5.32 Å². The Hall–Kier alpha value is -1.04. The van der Waals surface area contributed by atoms with Crippen molar-refractivity contribution in [2.24, 2.45) is 0 Å². The molecule has 0 spiro atoms. The molecule has 0 saturated heterocycles. The van der Waals surface area contributed by atoms with E-state index in [1.165, 1.54) is 13.3 Å². The first-order valence-electron chi connectivity index (χ1n) is 4.25. The molecule has 0 radical (unpaired) electrons. The Bertz CT molecular complexity index is 255. The number of nitrogens with one attached hydrogen (secondary N) is 2. The predicted molar refractivity (Wildman–Crippen MR) is 45.6 cm³/mol. The molecule has 1 heterocycles. The molecule has 0 bridgehead atoms. The highest BCUT2D eigenvalue weighted by Crippen LogP contribution is 2.21. The Labute approximate surface area is 79.7 Å². The quantitative estimate of drug-likeness (QED) is 0.790. The molecule has 3 nitrogen and oxygen atoms in total. The molecule has 1 aromatic heterocycles. The predicted octanol–water partition coefficient (Wildman–Crippen LogP) is 1.84. The van der Waals surface area contributed by atoms with Gasteiger partial charge in [-0.15, -0.1) is 0 Å². The standard InChI is InChI=1S/C8H12F3N3/c1-6(2-8(9,10)11)13-4-7-3-12-5-14-7/h3,5-6,13H,2,4H2,1H3,(H,12,14). The Morgan fingerprint density at radius 1 is 1.57 bits per heavy atom. The van der Waals surface area contributed by atoms with Gasteiger partial charge in [-0.25, -0.2) is 4.98 Å². The minimum absolute atomic E-state index is 0.372. The maximum atomic E-state index is 11.9. The molecule has 1 rings (SSSR count). The van der Waals surface area contributed by atoms with Crippen LogP contribution in [0.1, 0.15) is 19.0 Å². The minimum atomic E-state index is -4.11.